The third-order valence-corrected chi connectivity index (χ3v) is 4.92. The van der Waals surface area contributed by atoms with Crippen molar-refractivity contribution in [2.75, 3.05) is 10.6 Å². The highest BCUT2D eigenvalue weighted by Gasteiger charge is 2.19. The lowest BCUT2D eigenvalue weighted by Crippen LogP contribution is -2.31. The zero-order chi connectivity index (χ0) is 23.3. The molecular formula is C24H23N3O5. The van der Waals surface area contributed by atoms with Crippen LogP contribution >= 0.6 is 0 Å². The van der Waals surface area contributed by atoms with Crippen LogP contribution in [0.3, 0.4) is 0 Å². The first-order chi connectivity index (χ1) is 15.2. The average Bonchev–Trinajstić information content (AvgIpc) is 2.77. The summed E-state index contributed by atoms with van der Waals surface area (Å²) in [6, 6.07) is 17.7. The van der Waals surface area contributed by atoms with Crippen molar-refractivity contribution >= 4 is 28.9 Å². The van der Waals surface area contributed by atoms with Crippen molar-refractivity contribution in [1.82, 2.24) is 0 Å². The van der Waals surface area contributed by atoms with E-state index in [1.807, 2.05) is 32.0 Å². The number of non-ortho nitro benzene ring substituents is 1. The van der Waals surface area contributed by atoms with Gasteiger partial charge in [0, 0.05) is 17.8 Å². The van der Waals surface area contributed by atoms with Crippen molar-refractivity contribution in [2.24, 2.45) is 0 Å². The number of benzene rings is 3. The molecule has 0 bridgehead atoms. The van der Waals surface area contributed by atoms with Crippen LogP contribution < -0.4 is 15.4 Å². The molecule has 0 saturated heterocycles. The first-order valence-corrected chi connectivity index (χ1v) is 9.94. The fourth-order valence-corrected chi connectivity index (χ4v) is 2.95. The van der Waals surface area contributed by atoms with E-state index in [1.165, 1.54) is 24.3 Å². The van der Waals surface area contributed by atoms with Crippen molar-refractivity contribution in [2.45, 2.75) is 26.9 Å². The summed E-state index contributed by atoms with van der Waals surface area (Å²) in [6.07, 6.45) is -0.896. The molecule has 8 heteroatoms. The number of nitro benzene ring substituents is 1. The molecule has 0 spiro atoms. The van der Waals surface area contributed by atoms with Gasteiger partial charge in [-0.25, -0.2) is 0 Å². The molecule has 1 unspecified atom stereocenters. The van der Waals surface area contributed by atoms with Crippen molar-refractivity contribution in [3.05, 3.63) is 93.5 Å². The highest BCUT2D eigenvalue weighted by atomic mass is 16.6. The van der Waals surface area contributed by atoms with Gasteiger partial charge >= 0.3 is 0 Å². The Morgan fingerprint density at radius 1 is 0.938 bits per heavy atom. The second kappa shape index (κ2) is 9.74. The Morgan fingerprint density at radius 3 is 2.28 bits per heavy atom. The maximum absolute atomic E-state index is 12.8. The summed E-state index contributed by atoms with van der Waals surface area (Å²) in [7, 11) is 0. The summed E-state index contributed by atoms with van der Waals surface area (Å²) in [5.74, 6) is -0.498. The van der Waals surface area contributed by atoms with Gasteiger partial charge < -0.3 is 15.4 Å². The monoisotopic (exact) mass is 433 g/mol. The molecule has 0 heterocycles. The van der Waals surface area contributed by atoms with Crippen molar-refractivity contribution in [3.8, 4) is 5.75 Å². The van der Waals surface area contributed by atoms with Crippen LogP contribution in [-0.4, -0.2) is 22.8 Å². The molecular weight excluding hydrogens is 410 g/mol. The van der Waals surface area contributed by atoms with Gasteiger partial charge in [-0.3, -0.25) is 19.7 Å². The highest BCUT2D eigenvalue weighted by Crippen LogP contribution is 2.21. The molecule has 0 saturated carbocycles. The van der Waals surface area contributed by atoms with E-state index < -0.39 is 16.9 Å². The Balaban J connectivity index is 1.69. The minimum Gasteiger partial charge on any atom is -0.481 e. The minimum atomic E-state index is -0.896. The Kier molecular flexibility index (Phi) is 6.84. The summed E-state index contributed by atoms with van der Waals surface area (Å²) in [5.41, 5.74) is 3.42. The largest absolute Gasteiger partial charge is 0.481 e. The summed E-state index contributed by atoms with van der Waals surface area (Å²) >= 11 is 0. The van der Waals surface area contributed by atoms with Gasteiger partial charge in [0.25, 0.3) is 17.5 Å². The number of amides is 2. The van der Waals surface area contributed by atoms with Crippen LogP contribution in [0.25, 0.3) is 0 Å². The molecule has 1 atom stereocenters. The standard InChI is InChI=1S/C24H23N3O5/c1-15-8-9-18(14-16(15)2)25-24(29)21-6-4-5-7-22(21)26-23(28)17(3)32-20-12-10-19(11-13-20)27(30)31/h4-14,17H,1-3H3,(H,25,29)(H,26,28). The Morgan fingerprint density at radius 2 is 1.62 bits per heavy atom. The van der Waals surface area contributed by atoms with Gasteiger partial charge in [0.05, 0.1) is 16.2 Å². The number of ether oxygens (including phenoxy) is 1. The quantitative estimate of drug-likeness (QED) is 0.408. The van der Waals surface area contributed by atoms with Crippen LogP contribution in [0.1, 0.15) is 28.4 Å². The first kappa shape index (κ1) is 22.5. The summed E-state index contributed by atoms with van der Waals surface area (Å²) in [6.45, 7) is 5.51. The van der Waals surface area contributed by atoms with Crippen LogP contribution in [-0.2, 0) is 4.79 Å². The van der Waals surface area contributed by atoms with Crippen LogP contribution in [0.2, 0.25) is 0 Å². The number of aryl methyl sites for hydroxylation is 2. The third-order valence-electron chi connectivity index (χ3n) is 4.92. The molecule has 3 aromatic carbocycles. The van der Waals surface area contributed by atoms with Gasteiger partial charge in [-0.2, -0.15) is 0 Å². The zero-order valence-electron chi connectivity index (χ0n) is 17.9. The average molecular weight is 433 g/mol. The number of nitrogens with zero attached hydrogens (tertiary/aromatic N) is 1. The molecule has 164 valence electrons. The molecule has 8 nitrogen and oxygen atoms in total. The van der Waals surface area contributed by atoms with Gasteiger partial charge in [-0.15, -0.1) is 0 Å². The Labute approximate surface area is 185 Å². The maximum atomic E-state index is 12.8. The number of carbonyl (C=O) groups is 2. The van der Waals surface area contributed by atoms with E-state index in [0.717, 1.165) is 11.1 Å². The molecule has 32 heavy (non-hydrogen) atoms. The molecule has 2 N–H and O–H groups in total. The molecule has 0 aliphatic heterocycles. The maximum Gasteiger partial charge on any atom is 0.269 e. The topological polar surface area (TPSA) is 111 Å². The fraction of sp³-hybridized carbons (Fsp3) is 0.167. The van der Waals surface area contributed by atoms with E-state index >= 15 is 0 Å². The summed E-state index contributed by atoms with van der Waals surface area (Å²) in [4.78, 5) is 35.7. The van der Waals surface area contributed by atoms with Gasteiger partial charge in [0.1, 0.15) is 5.75 Å². The van der Waals surface area contributed by atoms with Crippen molar-refractivity contribution < 1.29 is 19.2 Å². The Bertz CT molecular complexity index is 1160. The minimum absolute atomic E-state index is 0.0711. The van der Waals surface area contributed by atoms with E-state index in [2.05, 4.69) is 10.6 Å². The second-order valence-corrected chi connectivity index (χ2v) is 7.30. The van der Waals surface area contributed by atoms with Crippen LogP contribution in [0.5, 0.6) is 5.75 Å². The van der Waals surface area contributed by atoms with Crippen molar-refractivity contribution in [3.63, 3.8) is 0 Å². The van der Waals surface area contributed by atoms with Gasteiger partial charge in [0.15, 0.2) is 6.10 Å². The number of nitro groups is 1. The number of para-hydroxylation sites is 1. The highest BCUT2D eigenvalue weighted by molar-refractivity contribution is 6.10. The number of carbonyl (C=O) groups excluding carboxylic acids is 2. The molecule has 0 aromatic heterocycles. The number of hydrogen-bond donors (Lipinski definition) is 2. The van der Waals surface area contributed by atoms with Crippen LogP contribution in [0, 0.1) is 24.0 Å². The lowest BCUT2D eigenvalue weighted by molar-refractivity contribution is -0.384. The van der Waals surface area contributed by atoms with E-state index in [-0.39, 0.29) is 11.6 Å². The third kappa shape index (κ3) is 5.48. The summed E-state index contributed by atoms with van der Waals surface area (Å²) in [5, 5.41) is 16.3. The lowest BCUT2D eigenvalue weighted by Gasteiger charge is -2.16. The predicted molar refractivity (Wildman–Crippen MR) is 122 cm³/mol. The lowest BCUT2D eigenvalue weighted by atomic mass is 10.1. The van der Waals surface area contributed by atoms with Gasteiger partial charge in [-0.05, 0) is 68.3 Å². The van der Waals surface area contributed by atoms with E-state index in [4.69, 9.17) is 4.74 Å². The van der Waals surface area contributed by atoms with Crippen molar-refractivity contribution in [1.29, 1.82) is 0 Å². The van der Waals surface area contributed by atoms with Crippen LogP contribution in [0.4, 0.5) is 17.1 Å². The SMILES string of the molecule is Cc1ccc(NC(=O)c2ccccc2NC(=O)C(C)Oc2ccc([N+](=O)[O-])cc2)cc1C. The molecule has 0 fully saturated rings. The first-order valence-electron chi connectivity index (χ1n) is 9.94. The molecule has 0 aliphatic rings. The smallest absolute Gasteiger partial charge is 0.269 e. The summed E-state index contributed by atoms with van der Waals surface area (Å²) < 4.78 is 5.57. The van der Waals surface area contributed by atoms with E-state index in [1.54, 1.807) is 31.2 Å². The Hall–Kier alpha value is -4.20. The van der Waals surface area contributed by atoms with E-state index in [0.29, 0.717) is 22.7 Å². The van der Waals surface area contributed by atoms with E-state index in [9.17, 15) is 19.7 Å². The predicted octanol–water partition coefficient (Wildman–Crippen LogP) is 4.87. The molecule has 0 aliphatic carbocycles. The van der Waals surface area contributed by atoms with Gasteiger partial charge in [0.2, 0.25) is 0 Å². The van der Waals surface area contributed by atoms with Crippen LogP contribution in [0.15, 0.2) is 66.7 Å². The fourth-order valence-electron chi connectivity index (χ4n) is 2.95. The molecule has 2 amide bonds. The zero-order valence-corrected chi connectivity index (χ0v) is 17.9. The molecule has 0 radical (unpaired) electrons. The number of hydrogen-bond acceptors (Lipinski definition) is 5. The molecule has 3 aromatic rings. The second-order valence-electron chi connectivity index (χ2n) is 7.30. The molecule has 3 rings (SSSR count). The van der Waals surface area contributed by atoms with Gasteiger partial charge in [-0.1, -0.05) is 18.2 Å². The normalized spacial score (nSPS) is 11.3. The number of rotatable bonds is 7. The number of anilines is 2. The number of nitrogens with one attached hydrogen (secondary N) is 2.